The Morgan fingerprint density at radius 3 is 2.16 bits per heavy atom. The Hall–Kier alpha value is -1.96. The first-order valence-electron chi connectivity index (χ1n) is 6.79. The summed E-state index contributed by atoms with van der Waals surface area (Å²) in [5.41, 5.74) is 12.2. The van der Waals surface area contributed by atoms with Gasteiger partial charge in [0.05, 0.1) is 7.11 Å². The summed E-state index contributed by atoms with van der Waals surface area (Å²) in [6.07, 6.45) is 3.97. The van der Waals surface area contributed by atoms with Crippen molar-refractivity contribution in [1.82, 2.24) is 0 Å². The highest BCUT2D eigenvalue weighted by atomic mass is 16.5. The van der Waals surface area contributed by atoms with Crippen molar-refractivity contribution < 1.29 is 4.74 Å². The van der Waals surface area contributed by atoms with Gasteiger partial charge < -0.3 is 10.5 Å². The summed E-state index contributed by atoms with van der Waals surface area (Å²) in [6, 6.07) is 13.1. The SMILES string of the molecule is COc1cc2ccc1CCc1ccc(cc1N)CC2. The molecule has 0 saturated carbocycles. The Kier molecular flexibility index (Phi) is 3.16. The lowest BCUT2D eigenvalue weighted by atomic mass is 9.95. The highest BCUT2D eigenvalue weighted by Crippen LogP contribution is 2.26. The number of anilines is 1. The molecule has 0 unspecified atom stereocenters. The van der Waals surface area contributed by atoms with Crippen molar-refractivity contribution in [3.8, 4) is 5.75 Å². The molecular formula is C17H19NO. The Morgan fingerprint density at radius 1 is 0.842 bits per heavy atom. The third-order valence-corrected chi connectivity index (χ3v) is 3.93. The van der Waals surface area contributed by atoms with Gasteiger partial charge in [-0.05, 0) is 60.1 Å². The molecule has 0 aliphatic heterocycles. The lowest BCUT2D eigenvalue weighted by Gasteiger charge is -2.14. The molecular weight excluding hydrogens is 234 g/mol. The Morgan fingerprint density at radius 2 is 1.47 bits per heavy atom. The van der Waals surface area contributed by atoms with Gasteiger partial charge in [0.15, 0.2) is 0 Å². The van der Waals surface area contributed by atoms with Crippen LogP contribution < -0.4 is 10.5 Å². The van der Waals surface area contributed by atoms with Crippen molar-refractivity contribution >= 4 is 5.69 Å². The third kappa shape index (κ3) is 2.43. The Bertz CT molecular complexity index is 604. The van der Waals surface area contributed by atoms with E-state index in [4.69, 9.17) is 10.5 Å². The number of nitrogen functional groups attached to an aromatic ring is 1. The fourth-order valence-corrected chi connectivity index (χ4v) is 2.74. The summed E-state index contributed by atoms with van der Waals surface area (Å²) in [7, 11) is 1.75. The van der Waals surface area contributed by atoms with Crippen LogP contribution in [0.4, 0.5) is 5.69 Å². The molecule has 2 aromatic carbocycles. The minimum Gasteiger partial charge on any atom is -0.496 e. The maximum atomic E-state index is 6.14. The van der Waals surface area contributed by atoms with Gasteiger partial charge in [-0.3, -0.25) is 0 Å². The van der Waals surface area contributed by atoms with Gasteiger partial charge >= 0.3 is 0 Å². The summed E-state index contributed by atoms with van der Waals surface area (Å²) < 4.78 is 5.51. The van der Waals surface area contributed by atoms with Crippen molar-refractivity contribution in [2.24, 2.45) is 0 Å². The monoisotopic (exact) mass is 253 g/mol. The van der Waals surface area contributed by atoms with Crippen LogP contribution in [0, 0.1) is 0 Å². The summed E-state index contributed by atoms with van der Waals surface area (Å²) >= 11 is 0. The van der Waals surface area contributed by atoms with Crippen LogP contribution >= 0.6 is 0 Å². The van der Waals surface area contributed by atoms with Crippen LogP contribution in [0.15, 0.2) is 36.4 Å². The zero-order chi connectivity index (χ0) is 13.2. The van der Waals surface area contributed by atoms with Crippen LogP contribution in [-0.4, -0.2) is 7.11 Å². The van der Waals surface area contributed by atoms with Crippen LogP contribution in [0.2, 0.25) is 0 Å². The fraction of sp³-hybridized carbons (Fsp3) is 0.294. The zero-order valence-corrected chi connectivity index (χ0v) is 11.3. The van der Waals surface area contributed by atoms with Gasteiger partial charge in [-0.25, -0.2) is 0 Å². The van der Waals surface area contributed by atoms with Crippen LogP contribution in [0.5, 0.6) is 5.75 Å². The molecule has 0 saturated heterocycles. The van der Waals surface area contributed by atoms with Crippen LogP contribution in [0.1, 0.15) is 22.3 Å². The second kappa shape index (κ2) is 4.96. The average Bonchev–Trinajstić information content (AvgIpc) is 2.42. The van der Waals surface area contributed by atoms with Crippen LogP contribution in [0.3, 0.4) is 0 Å². The van der Waals surface area contributed by atoms with E-state index >= 15 is 0 Å². The molecule has 6 rings (SSSR count). The first kappa shape index (κ1) is 12.1. The maximum absolute atomic E-state index is 6.14. The van der Waals surface area contributed by atoms with Crippen molar-refractivity contribution in [3.05, 3.63) is 58.7 Å². The summed E-state index contributed by atoms with van der Waals surface area (Å²) in [5, 5.41) is 0. The predicted molar refractivity (Wildman–Crippen MR) is 78.7 cm³/mol. The molecule has 0 aromatic heterocycles. The first-order chi connectivity index (χ1) is 9.26. The van der Waals surface area contributed by atoms with E-state index in [1.807, 2.05) is 0 Å². The molecule has 4 bridgehead atoms. The summed E-state index contributed by atoms with van der Waals surface area (Å²) in [6.45, 7) is 0. The summed E-state index contributed by atoms with van der Waals surface area (Å²) in [5.74, 6) is 1.01. The molecule has 2 heteroatoms. The van der Waals surface area contributed by atoms with E-state index in [0.29, 0.717) is 0 Å². The van der Waals surface area contributed by atoms with E-state index < -0.39 is 0 Å². The summed E-state index contributed by atoms with van der Waals surface area (Å²) in [4.78, 5) is 0. The van der Waals surface area contributed by atoms with Gasteiger partial charge in [0.2, 0.25) is 0 Å². The number of rotatable bonds is 1. The zero-order valence-electron chi connectivity index (χ0n) is 11.3. The van der Waals surface area contributed by atoms with Gasteiger partial charge in [-0.2, -0.15) is 0 Å². The third-order valence-electron chi connectivity index (χ3n) is 3.93. The molecule has 2 N–H and O–H groups in total. The van der Waals surface area contributed by atoms with Crippen LogP contribution in [-0.2, 0) is 25.7 Å². The minimum absolute atomic E-state index is 0.923. The lowest BCUT2D eigenvalue weighted by molar-refractivity contribution is 0.409. The second-order valence-electron chi connectivity index (χ2n) is 5.18. The first-order valence-corrected chi connectivity index (χ1v) is 6.79. The minimum atomic E-state index is 0.923. The van der Waals surface area contributed by atoms with E-state index in [-0.39, 0.29) is 0 Å². The van der Waals surface area contributed by atoms with Crippen molar-refractivity contribution in [2.75, 3.05) is 12.8 Å². The molecule has 0 radical (unpaired) electrons. The molecule has 0 spiro atoms. The molecule has 98 valence electrons. The largest absolute Gasteiger partial charge is 0.496 e. The number of hydrogen-bond acceptors (Lipinski definition) is 2. The maximum Gasteiger partial charge on any atom is 0.122 e. The molecule has 2 nitrogen and oxygen atoms in total. The van der Waals surface area contributed by atoms with Crippen molar-refractivity contribution in [3.63, 3.8) is 0 Å². The smallest absolute Gasteiger partial charge is 0.122 e. The quantitative estimate of drug-likeness (QED) is 0.792. The number of aryl methyl sites for hydroxylation is 4. The second-order valence-corrected chi connectivity index (χ2v) is 5.18. The number of hydrogen-bond donors (Lipinski definition) is 1. The topological polar surface area (TPSA) is 35.2 Å². The number of ether oxygens (including phenoxy) is 1. The van der Waals surface area contributed by atoms with E-state index in [1.54, 1.807) is 7.11 Å². The standard InChI is InChI=1S/C17H19NO/c1-19-17-11-13-3-2-12-4-6-14(16(18)10-12)8-9-15(17)7-5-13/h4-7,10-11H,2-3,8-9,18H2,1H3. The predicted octanol–water partition coefficient (Wildman–Crippen LogP) is 3.16. The van der Waals surface area contributed by atoms with E-state index in [9.17, 15) is 0 Å². The number of methoxy groups -OCH3 is 1. The van der Waals surface area contributed by atoms with Crippen molar-refractivity contribution in [1.29, 1.82) is 0 Å². The fourth-order valence-electron chi connectivity index (χ4n) is 2.74. The normalized spacial score (nSPS) is 13.9. The molecule has 4 aliphatic rings. The Balaban J connectivity index is 2.03. The van der Waals surface area contributed by atoms with Crippen molar-refractivity contribution in [2.45, 2.75) is 25.7 Å². The molecule has 0 amide bonds. The lowest BCUT2D eigenvalue weighted by Crippen LogP contribution is -2.03. The number of benzene rings is 2. The van der Waals surface area contributed by atoms with Gasteiger partial charge in [0.1, 0.15) is 5.75 Å². The van der Waals surface area contributed by atoms with Crippen LogP contribution in [0.25, 0.3) is 0 Å². The van der Waals surface area contributed by atoms with E-state index in [1.165, 1.54) is 22.3 Å². The van der Waals surface area contributed by atoms with E-state index in [2.05, 4.69) is 36.4 Å². The molecule has 2 aromatic rings. The molecule has 0 heterocycles. The number of nitrogens with two attached hydrogens (primary N) is 1. The molecule has 0 fully saturated rings. The van der Waals surface area contributed by atoms with Gasteiger partial charge in [0.25, 0.3) is 0 Å². The molecule has 0 atom stereocenters. The van der Waals surface area contributed by atoms with Gasteiger partial charge in [-0.15, -0.1) is 0 Å². The molecule has 4 aliphatic carbocycles. The van der Waals surface area contributed by atoms with E-state index in [0.717, 1.165) is 37.1 Å². The van der Waals surface area contributed by atoms with Gasteiger partial charge in [-0.1, -0.05) is 24.3 Å². The highest BCUT2D eigenvalue weighted by molar-refractivity contribution is 5.50. The average molecular weight is 253 g/mol. The highest BCUT2D eigenvalue weighted by Gasteiger charge is 2.09. The van der Waals surface area contributed by atoms with Gasteiger partial charge in [0, 0.05) is 5.69 Å². The molecule has 19 heavy (non-hydrogen) atoms. The Labute approximate surface area is 114 Å².